The van der Waals surface area contributed by atoms with Crippen LogP contribution >= 0.6 is 0 Å². The number of fused-ring (bicyclic) bond motifs is 2. The van der Waals surface area contributed by atoms with Crippen molar-refractivity contribution in [3.05, 3.63) is 54.4 Å². The van der Waals surface area contributed by atoms with Gasteiger partial charge in [0.15, 0.2) is 0 Å². The SMILES string of the molecule is [CH2-]C1CCc2cc3ccccc3cc2C1=O.[Y+3]. The summed E-state index contributed by atoms with van der Waals surface area (Å²) in [6.45, 7) is 3.91. The summed E-state index contributed by atoms with van der Waals surface area (Å²) in [5.74, 6) is 0.140. The minimum absolute atomic E-state index is 0. The fourth-order valence-electron chi connectivity index (χ4n) is 2.40. The molecule has 0 spiro atoms. The number of hydrogen-bond donors (Lipinski definition) is 0. The summed E-state index contributed by atoms with van der Waals surface area (Å²) in [5, 5.41) is 2.36. The summed E-state index contributed by atoms with van der Waals surface area (Å²) >= 11 is 0. The molecule has 0 amide bonds. The molecule has 2 aromatic carbocycles. The maximum atomic E-state index is 12.0. The smallest absolute Gasteiger partial charge is 0.333 e. The van der Waals surface area contributed by atoms with E-state index < -0.39 is 0 Å². The van der Waals surface area contributed by atoms with Crippen molar-refractivity contribution in [3.63, 3.8) is 0 Å². The van der Waals surface area contributed by atoms with Gasteiger partial charge in [-0.05, 0) is 28.8 Å². The van der Waals surface area contributed by atoms with Crippen LogP contribution in [0.25, 0.3) is 10.8 Å². The van der Waals surface area contributed by atoms with Crippen molar-refractivity contribution in [2.24, 2.45) is 5.92 Å². The molecular formula is C15H13OY+2. The molecule has 0 N–H and O–H groups in total. The summed E-state index contributed by atoms with van der Waals surface area (Å²) in [6, 6.07) is 12.3. The van der Waals surface area contributed by atoms with E-state index in [4.69, 9.17) is 0 Å². The molecule has 0 heterocycles. The van der Waals surface area contributed by atoms with Crippen LogP contribution in [0, 0.1) is 12.8 Å². The first-order chi connectivity index (χ1) is 7.75. The van der Waals surface area contributed by atoms with Crippen LogP contribution in [0.5, 0.6) is 0 Å². The first-order valence-corrected chi connectivity index (χ1v) is 5.64. The van der Waals surface area contributed by atoms with E-state index in [-0.39, 0.29) is 44.4 Å². The van der Waals surface area contributed by atoms with Gasteiger partial charge < -0.3 is 6.92 Å². The zero-order chi connectivity index (χ0) is 11.1. The fraction of sp³-hybridized carbons (Fsp3) is 0.200. The van der Waals surface area contributed by atoms with Gasteiger partial charge in [0.05, 0.1) is 0 Å². The van der Waals surface area contributed by atoms with E-state index in [0.29, 0.717) is 0 Å². The van der Waals surface area contributed by atoms with Crippen molar-refractivity contribution in [2.75, 3.05) is 0 Å². The van der Waals surface area contributed by atoms with Crippen LogP contribution in [-0.4, -0.2) is 5.78 Å². The van der Waals surface area contributed by atoms with Crippen molar-refractivity contribution >= 4 is 16.6 Å². The average molecular weight is 298 g/mol. The van der Waals surface area contributed by atoms with Gasteiger partial charge in [-0.3, -0.25) is 4.79 Å². The van der Waals surface area contributed by atoms with Crippen molar-refractivity contribution < 1.29 is 37.5 Å². The first kappa shape index (κ1) is 12.9. The molecule has 1 nitrogen and oxygen atoms in total. The summed E-state index contributed by atoms with van der Waals surface area (Å²) in [6.07, 6.45) is 1.85. The number of benzene rings is 2. The van der Waals surface area contributed by atoms with Gasteiger partial charge in [-0.1, -0.05) is 36.8 Å². The molecule has 0 saturated carbocycles. The topological polar surface area (TPSA) is 17.1 Å². The van der Waals surface area contributed by atoms with Crippen molar-refractivity contribution in [1.82, 2.24) is 0 Å². The van der Waals surface area contributed by atoms with Gasteiger partial charge in [-0.25, -0.2) is 0 Å². The van der Waals surface area contributed by atoms with Gasteiger partial charge in [-0.2, -0.15) is 0 Å². The van der Waals surface area contributed by atoms with Crippen LogP contribution in [0.4, 0.5) is 0 Å². The van der Waals surface area contributed by atoms with Crippen LogP contribution in [0.2, 0.25) is 0 Å². The number of carbonyl (C=O) groups excluding carboxylic acids is 1. The summed E-state index contributed by atoms with van der Waals surface area (Å²) in [5.41, 5.74) is 2.06. The van der Waals surface area contributed by atoms with Gasteiger partial charge in [0.1, 0.15) is 5.78 Å². The van der Waals surface area contributed by atoms with E-state index in [1.807, 2.05) is 18.2 Å². The number of aryl methyl sites for hydroxylation is 1. The zero-order valence-electron chi connectivity index (χ0n) is 9.65. The molecule has 0 bridgehead atoms. The molecule has 0 aromatic heterocycles. The summed E-state index contributed by atoms with van der Waals surface area (Å²) < 4.78 is 0. The third kappa shape index (κ3) is 2.23. The third-order valence-electron chi connectivity index (χ3n) is 3.37. The Morgan fingerprint density at radius 3 is 2.47 bits per heavy atom. The van der Waals surface area contributed by atoms with Crippen LogP contribution in [0.3, 0.4) is 0 Å². The normalized spacial score (nSPS) is 18.6. The standard InChI is InChI=1S/C15H13O.Y/c1-10-6-7-13-8-11-4-2-3-5-12(11)9-14(13)15(10)16;/h2-5,8-10H,1,6-7H2;/q-1;+3. The molecule has 17 heavy (non-hydrogen) atoms. The predicted molar refractivity (Wildman–Crippen MR) is 65.4 cm³/mol. The van der Waals surface area contributed by atoms with Crippen LogP contribution < -0.4 is 0 Å². The number of carbonyl (C=O) groups is 1. The molecule has 3 rings (SSSR count). The third-order valence-corrected chi connectivity index (χ3v) is 3.37. The summed E-state index contributed by atoms with van der Waals surface area (Å²) in [4.78, 5) is 12.0. The fourth-order valence-corrected chi connectivity index (χ4v) is 2.40. The number of Topliss-reactive ketones (excluding diaryl/α,β-unsaturated/α-hetero) is 1. The van der Waals surface area contributed by atoms with Gasteiger partial charge in [0, 0.05) is 5.56 Å². The zero-order valence-corrected chi connectivity index (χ0v) is 12.5. The molecule has 0 radical (unpaired) electrons. The van der Waals surface area contributed by atoms with E-state index >= 15 is 0 Å². The number of ketones is 1. The van der Waals surface area contributed by atoms with Crippen molar-refractivity contribution in [2.45, 2.75) is 12.8 Å². The quantitative estimate of drug-likeness (QED) is 0.681. The minimum atomic E-state index is -0.0614. The Morgan fingerprint density at radius 2 is 1.76 bits per heavy atom. The van der Waals surface area contributed by atoms with Gasteiger partial charge >= 0.3 is 32.7 Å². The Balaban J connectivity index is 0.00000108. The molecule has 2 aromatic rings. The van der Waals surface area contributed by atoms with Gasteiger partial charge in [0.2, 0.25) is 0 Å². The molecule has 0 saturated heterocycles. The summed E-state index contributed by atoms with van der Waals surface area (Å²) in [7, 11) is 0. The molecule has 0 aliphatic heterocycles. The van der Waals surface area contributed by atoms with Crippen LogP contribution in [-0.2, 0) is 39.1 Å². The predicted octanol–water partition coefficient (Wildman–Crippen LogP) is 3.42. The second-order valence-corrected chi connectivity index (χ2v) is 4.46. The monoisotopic (exact) mass is 298 g/mol. The Bertz CT molecular complexity index is 574. The number of hydrogen-bond acceptors (Lipinski definition) is 1. The van der Waals surface area contributed by atoms with Crippen molar-refractivity contribution in [3.8, 4) is 0 Å². The first-order valence-electron chi connectivity index (χ1n) is 5.64. The average Bonchev–Trinajstić information content (AvgIpc) is 2.32. The van der Waals surface area contributed by atoms with Gasteiger partial charge in [-0.15, -0.1) is 5.92 Å². The maximum Gasteiger partial charge on any atom is 3.00 e. The molecule has 1 unspecified atom stereocenters. The molecule has 1 atom stereocenters. The van der Waals surface area contributed by atoms with E-state index in [9.17, 15) is 4.79 Å². The largest absolute Gasteiger partial charge is 3.00 e. The second kappa shape index (κ2) is 5.00. The molecule has 80 valence electrons. The van der Waals surface area contributed by atoms with E-state index in [0.717, 1.165) is 23.8 Å². The van der Waals surface area contributed by atoms with Crippen molar-refractivity contribution in [1.29, 1.82) is 0 Å². The molecule has 1 aliphatic carbocycles. The number of rotatable bonds is 0. The van der Waals surface area contributed by atoms with Crippen LogP contribution in [0.1, 0.15) is 22.3 Å². The molecule has 2 heteroatoms. The maximum absolute atomic E-state index is 12.0. The van der Waals surface area contributed by atoms with E-state index in [2.05, 4.69) is 25.1 Å². The Morgan fingerprint density at radius 1 is 1.12 bits per heavy atom. The van der Waals surface area contributed by atoms with E-state index in [1.54, 1.807) is 0 Å². The molecular weight excluding hydrogens is 285 g/mol. The Kier molecular flexibility index (Phi) is 3.80. The second-order valence-electron chi connectivity index (χ2n) is 4.46. The molecule has 1 aliphatic rings. The Hall–Kier alpha value is -0.526. The Labute approximate surface area is 126 Å². The minimum Gasteiger partial charge on any atom is -0.333 e. The van der Waals surface area contributed by atoms with Gasteiger partial charge in [0.25, 0.3) is 0 Å². The molecule has 0 fully saturated rings. The van der Waals surface area contributed by atoms with Crippen LogP contribution in [0.15, 0.2) is 36.4 Å². The van der Waals surface area contributed by atoms with E-state index in [1.165, 1.54) is 10.9 Å².